The number of ether oxygens (including phenoxy) is 1. The fraction of sp³-hybridized carbons (Fsp3) is 0.538. The van der Waals surface area contributed by atoms with Gasteiger partial charge in [-0.3, -0.25) is 0 Å². The van der Waals surface area contributed by atoms with Crippen LogP contribution >= 0.6 is 0 Å². The number of para-hydroxylation sites is 1. The van der Waals surface area contributed by atoms with Crippen molar-refractivity contribution < 1.29 is 9.84 Å². The van der Waals surface area contributed by atoms with E-state index in [1.165, 1.54) is 0 Å². The molecule has 0 aliphatic rings. The van der Waals surface area contributed by atoms with Crippen molar-refractivity contribution in [1.82, 2.24) is 0 Å². The Bertz CT molecular complexity index is 351. The molecule has 1 aromatic rings. The fourth-order valence-electron chi connectivity index (χ4n) is 1.47. The minimum atomic E-state index is -0.307. The lowest BCUT2D eigenvalue weighted by Crippen LogP contribution is -2.12. The first-order valence-electron chi connectivity index (χ1n) is 5.97. The van der Waals surface area contributed by atoms with E-state index < -0.39 is 0 Å². The topological polar surface area (TPSA) is 67.5 Å². The number of aliphatic hydroxyl groups excluding tert-OH is 1. The zero-order chi connectivity index (χ0) is 12.8. The minimum absolute atomic E-state index is 0.102. The maximum absolute atomic E-state index is 9.18. The zero-order valence-electron chi connectivity index (χ0n) is 10.7. The van der Waals surface area contributed by atoms with Crippen molar-refractivity contribution in [1.29, 1.82) is 0 Å². The van der Waals surface area contributed by atoms with Crippen LogP contribution in [0, 0.1) is 0 Å². The van der Waals surface area contributed by atoms with Gasteiger partial charge in [0.25, 0.3) is 0 Å². The minimum Gasteiger partial charge on any atom is -0.489 e. The Morgan fingerprint density at radius 2 is 2.06 bits per heavy atom. The van der Waals surface area contributed by atoms with Crippen LogP contribution in [0.5, 0.6) is 5.75 Å². The highest BCUT2D eigenvalue weighted by Gasteiger charge is 2.07. The number of aliphatic hydroxyl groups is 1. The van der Waals surface area contributed by atoms with Crippen LogP contribution in [0.15, 0.2) is 18.2 Å². The summed E-state index contributed by atoms with van der Waals surface area (Å²) in [7, 11) is 0. The number of nitrogen functional groups attached to an aromatic ring is 1. The average Bonchev–Trinajstić information content (AvgIpc) is 2.22. The molecule has 4 nitrogen and oxygen atoms in total. The third-order valence-corrected chi connectivity index (χ3v) is 2.31. The van der Waals surface area contributed by atoms with Gasteiger partial charge in [0, 0.05) is 6.54 Å². The van der Waals surface area contributed by atoms with E-state index in [1.807, 2.05) is 32.0 Å². The predicted octanol–water partition coefficient (Wildman–Crippen LogP) is 2.24. The van der Waals surface area contributed by atoms with Crippen molar-refractivity contribution in [3.05, 3.63) is 18.2 Å². The maximum Gasteiger partial charge on any atom is 0.144 e. The summed E-state index contributed by atoms with van der Waals surface area (Å²) >= 11 is 0. The molecule has 1 unspecified atom stereocenters. The highest BCUT2D eigenvalue weighted by molar-refractivity contribution is 5.72. The summed E-state index contributed by atoms with van der Waals surface area (Å²) in [5, 5.41) is 12.4. The summed E-state index contributed by atoms with van der Waals surface area (Å²) in [6, 6.07) is 5.67. The van der Waals surface area contributed by atoms with Crippen molar-refractivity contribution in [2.75, 3.05) is 17.6 Å². The average molecular weight is 238 g/mol. The molecule has 4 heteroatoms. The molecule has 1 aromatic carbocycles. The Morgan fingerprint density at radius 3 is 2.65 bits per heavy atom. The fourth-order valence-corrected chi connectivity index (χ4v) is 1.47. The third kappa shape index (κ3) is 4.53. The highest BCUT2D eigenvalue weighted by Crippen LogP contribution is 2.29. The van der Waals surface area contributed by atoms with Crippen molar-refractivity contribution in [3.63, 3.8) is 0 Å². The van der Waals surface area contributed by atoms with Crippen LogP contribution in [0.1, 0.15) is 27.2 Å². The normalized spacial score (nSPS) is 12.5. The van der Waals surface area contributed by atoms with E-state index in [1.54, 1.807) is 6.92 Å². The zero-order valence-corrected chi connectivity index (χ0v) is 10.7. The number of anilines is 2. The van der Waals surface area contributed by atoms with Crippen LogP contribution < -0.4 is 15.8 Å². The van der Waals surface area contributed by atoms with Gasteiger partial charge in [0.1, 0.15) is 5.75 Å². The van der Waals surface area contributed by atoms with E-state index >= 15 is 0 Å². The molecule has 0 amide bonds. The summed E-state index contributed by atoms with van der Waals surface area (Å²) in [5.41, 5.74) is 7.47. The lowest BCUT2D eigenvalue weighted by atomic mass is 10.2. The Hall–Kier alpha value is -1.42. The summed E-state index contributed by atoms with van der Waals surface area (Å²) < 4.78 is 5.60. The molecule has 1 rings (SSSR count). The second kappa shape index (κ2) is 6.35. The van der Waals surface area contributed by atoms with E-state index in [0.717, 1.165) is 5.69 Å². The molecule has 0 saturated carbocycles. The van der Waals surface area contributed by atoms with Gasteiger partial charge in [0.05, 0.1) is 23.6 Å². The van der Waals surface area contributed by atoms with Crippen LogP contribution in [0.25, 0.3) is 0 Å². The molecule has 0 bridgehead atoms. The smallest absolute Gasteiger partial charge is 0.144 e. The summed E-state index contributed by atoms with van der Waals surface area (Å²) in [5.74, 6) is 0.696. The first-order chi connectivity index (χ1) is 8.00. The van der Waals surface area contributed by atoms with Crippen LogP contribution in [0.2, 0.25) is 0 Å². The van der Waals surface area contributed by atoms with Gasteiger partial charge in [-0.05, 0) is 39.3 Å². The van der Waals surface area contributed by atoms with Gasteiger partial charge in [-0.2, -0.15) is 0 Å². The van der Waals surface area contributed by atoms with E-state index in [-0.39, 0.29) is 12.2 Å². The largest absolute Gasteiger partial charge is 0.489 e. The van der Waals surface area contributed by atoms with Gasteiger partial charge < -0.3 is 20.9 Å². The van der Waals surface area contributed by atoms with Gasteiger partial charge in [0.2, 0.25) is 0 Å². The number of nitrogens with two attached hydrogens (primary N) is 1. The summed E-state index contributed by atoms with van der Waals surface area (Å²) in [6.45, 7) is 6.39. The molecular weight excluding hydrogens is 216 g/mol. The van der Waals surface area contributed by atoms with Gasteiger partial charge in [-0.1, -0.05) is 6.07 Å². The predicted molar refractivity (Wildman–Crippen MR) is 71.4 cm³/mol. The first-order valence-corrected chi connectivity index (χ1v) is 5.97. The molecule has 4 N–H and O–H groups in total. The van der Waals surface area contributed by atoms with Crippen molar-refractivity contribution in [2.45, 2.75) is 39.4 Å². The standard InChI is InChI=1S/C13H22N2O2/c1-9(2)17-12-6-4-5-11(13(12)14)15-8-7-10(3)16/h4-6,9-10,15-16H,7-8,14H2,1-3H3. The first kappa shape index (κ1) is 13.6. The maximum atomic E-state index is 9.18. The quantitative estimate of drug-likeness (QED) is 0.665. The van der Waals surface area contributed by atoms with Crippen LogP contribution in [-0.4, -0.2) is 23.9 Å². The van der Waals surface area contributed by atoms with Gasteiger partial charge in [-0.15, -0.1) is 0 Å². The number of nitrogens with one attached hydrogen (secondary N) is 1. The summed E-state index contributed by atoms with van der Waals surface area (Å²) in [6.07, 6.45) is 0.484. The van der Waals surface area contributed by atoms with Gasteiger partial charge >= 0.3 is 0 Å². The lowest BCUT2D eigenvalue weighted by molar-refractivity contribution is 0.189. The Labute approximate surface area is 103 Å². The molecular formula is C13H22N2O2. The Kier molecular flexibility index (Phi) is 5.10. The second-order valence-electron chi connectivity index (χ2n) is 4.45. The Balaban J connectivity index is 2.66. The molecule has 0 spiro atoms. The van der Waals surface area contributed by atoms with Gasteiger partial charge in [0.15, 0.2) is 0 Å². The lowest BCUT2D eigenvalue weighted by Gasteiger charge is -2.16. The third-order valence-electron chi connectivity index (χ3n) is 2.31. The molecule has 17 heavy (non-hydrogen) atoms. The molecule has 0 aliphatic carbocycles. The molecule has 1 atom stereocenters. The summed E-state index contributed by atoms with van der Waals surface area (Å²) in [4.78, 5) is 0. The van der Waals surface area contributed by atoms with Crippen LogP contribution in [0.4, 0.5) is 11.4 Å². The van der Waals surface area contributed by atoms with Crippen molar-refractivity contribution >= 4 is 11.4 Å². The number of benzene rings is 1. The molecule has 96 valence electrons. The monoisotopic (exact) mass is 238 g/mol. The molecule has 0 fully saturated rings. The van der Waals surface area contributed by atoms with Crippen molar-refractivity contribution in [3.8, 4) is 5.75 Å². The van der Waals surface area contributed by atoms with Crippen molar-refractivity contribution in [2.24, 2.45) is 0 Å². The van der Waals surface area contributed by atoms with E-state index in [9.17, 15) is 5.11 Å². The van der Waals surface area contributed by atoms with E-state index in [0.29, 0.717) is 24.4 Å². The number of rotatable bonds is 6. The number of hydrogen-bond donors (Lipinski definition) is 3. The van der Waals surface area contributed by atoms with Crippen LogP contribution in [-0.2, 0) is 0 Å². The molecule has 0 saturated heterocycles. The van der Waals surface area contributed by atoms with E-state index in [2.05, 4.69) is 5.32 Å². The second-order valence-corrected chi connectivity index (χ2v) is 4.45. The van der Waals surface area contributed by atoms with Crippen LogP contribution in [0.3, 0.4) is 0 Å². The molecule has 0 heterocycles. The molecule has 0 aliphatic heterocycles. The van der Waals surface area contributed by atoms with Gasteiger partial charge in [-0.25, -0.2) is 0 Å². The molecule has 0 radical (unpaired) electrons. The highest BCUT2D eigenvalue weighted by atomic mass is 16.5. The number of hydrogen-bond acceptors (Lipinski definition) is 4. The van der Waals surface area contributed by atoms with E-state index in [4.69, 9.17) is 10.5 Å². The molecule has 0 aromatic heterocycles. The SMILES string of the molecule is CC(O)CCNc1cccc(OC(C)C)c1N. The Morgan fingerprint density at radius 1 is 1.35 bits per heavy atom.